The van der Waals surface area contributed by atoms with E-state index in [2.05, 4.69) is 34.5 Å². The van der Waals surface area contributed by atoms with Crippen molar-refractivity contribution in [2.24, 2.45) is 0 Å². The van der Waals surface area contributed by atoms with Gasteiger partial charge in [-0.25, -0.2) is 0 Å². The Balaban J connectivity index is 1.63. The van der Waals surface area contributed by atoms with Crippen LogP contribution in [0.2, 0.25) is 0 Å². The predicted molar refractivity (Wildman–Crippen MR) is 96.9 cm³/mol. The molecule has 2 aromatic rings. The Hall–Kier alpha value is -1.78. The first-order valence-electron chi connectivity index (χ1n) is 7.93. The number of fused-ring (bicyclic) bond motifs is 1. The van der Waals surface area contributed by atoms with Gasteiger partial charge in [-0.1, -0.05) is 24.3 Å². The second-order valence-corrected chi connectivity index (χ2v) is 6.76. The van der Waals surface area contributed by atoms with Crippen molar-refractivity contribution in [1.29, 1.82) is 0 Å². The van der Waals surface area contributed by atoms with Gasteiger partial charge >= 0.3 is 0 Å². The first-order chi connectivity index (χ1) is 11.2. The van der Waals surface area contributed by atoms with Crippen molar-refractivity contribution in [2.75, 3.05) is 18.1 Å². The second-order valence-electron chi connectivity index (χ2n) is 5.88. The van der Waals surface area contributed by atoms with Crippen LogP contribution in [0.4, 0.5) is 5.69 Å². The Morgan fingerprint density at radius 2 is 1.83 bits per heavy atom. The molecule has 4 heteroatoms. The van der Waals surface area contributed by atoms with Crippen LogP contribution in [0.15, 0.2) is 53.4 Å². The Labute approximate surface area is 142 Å². The van der Waals surface area contributed by atoms with Crippen LogP contribution in [0.5, 0.6) is 0 Å². The summed E-state index contributed by atoms with van der Waals surface area (Å²) in [7, 11) is 0. The van der Waals surface area contributed by atoms with Gasteiger partial charge in [-0.15, -0.1) is 11.8 Å². The highest BCUT2D eigenvalue weighted by Crippen LogP contribution is 2.21. The lowest BCUT2D eigenvalue weighted by molar-refractivity contribution is -0.121. The summed E-state index contributed by atoms with van der Waals surface area (Å²) in [6, 6.07) is 16.3. The summed E-state index contributed by atoms with van der Waals surface area (Å²) in [5.74, 6) is 0.0567. The fourth-order valence-electron chi connectivity index (χ4n) is 2.94. The highest BCUT2D eigenvalue weighted by Gasteiger charge is 2.25. The highest BCUT2D eigenvalue weighted by molar-refractivity contribution is 7.98. The number of nitrogens with zero attached hydrogens (tertiary/aromatic N) is 1. The zero-order valence-electron chi connectivity index (χ0n) is 13.6. The Bertz CT molecular complexity index is 684. The molecule has 1 heterocycles. The summed E-state index contributed by atoms with van der Waals surface area (Å²) >= 11 is 1.70. The van der Waals surface area contributed by atoms with Gasteiger partial charge in [-0.3, -0.25) is 9.69 Å². The van der Waals surface area contributed by atoms with E-state index >= 15 is 0 Å². The molecule has 1 N–H and O–H groups in total. The maximum Gasteiger partial charge on any atom is 0.241 e. The van der Waals surface area contributed by atoms with E-state index in [1.54, 1.807) is 11.8 Å². The fraction of sp³-hybridized carbons (Fsp3) is 0.316. The summed E-state index contributed by atoms with van der Waals surface area (Å²) in [6.07, 6.45) is 3.06. The van der Waals surface area contributed by atoms with E-state index < -0.39 is 0 Å². The number of benzene rings is 2. The minimum absolute atomic E-state index is 0.0567. The van der Waals surface area contributed by atoms with E-state index in [4.69, 9.17) is 0 Å². The molecule has 1 amide bonds. The molecule has 0 fully saturated rings. The van der Waals surface area contributed by atoms with Gasteiger partial charge in [0, 0.05) is 23.7 Å². The van der Waals surface area contributed by atoms with Crippen molar-refractivity contribution in [2.45, 2.75) is 30.8 Å². The third-order valence-electron chi connectivity index (χ3n) is 4.44. The highest BCUT2D eigenvalue weighted by atomic mass is 32.2. The molecule has 0 aromatic heterocycles. The number of hydrogen-bond acceptors (Lipinski definition) is 3. The molecule has 23 heavy (non-hydrogen) atoms. The first kappa shape index (κ1) is 16.1. The molecule has 0 aliphatic carbocycles. The van der Waals surface area contributed by atoms with Crippen LogP contribution >= 0.6 is 11.8 Å². The third kappa shape index (κ3) is 3.77. The molecule has 0 radical (unpaired) electrons. The molecular weight excluding hydrogens is 304 g/mol. The Kier molecular flexibility index (Phi) is 5.03. The monoisotopic (exact) mass is 326 g/mol. The molecule has 3 rings (SSSR count). The summed E-state index contributed by atoms with van der Waals surface area (Å²) in [6.45, 7) is 3.76. The number of hydrogen-bond donors (Lipinski definition) is 1. The third-order valence-corrected chi connectivity index (χ3v) is 5.19. The van der Waals surface area contributed by atoms with E-state index in [0.29, 0.717) is 0 Å². The van der Waals surface area contributed by atoms with Gasteiger partial charge in [0.2, 0.25) is 5.91 Å². The van der Waals surface area contributed by atoms with Crippen molar-refractivity contribution in [1.82, 2.24) is 4.90 Å². The smallest absolute Gasteiger partial charge is 0.241 e. The fourth-order valence-corrected chi connectivity index (χ4v) is 3.34. The quantitative estimate of drug-likeness (QED) is 0.868. The Morgan fingerprint density at radius 3 is 2.52 bits per heavy atom. The van der Waals surface area contributed by atoms with Crippen molar-refractivity contribution in [3.8, 4) is 0 Å². The molecule has 1 unspecified atom stereocenters. The lowest BCUT2D eigenvalue weighted by Gasteiger charge is -2.32. The zero-order chi connectivity index (χ0) is 16.2. The second kappa shape index (κ2) is 7.20. The number of carbonyl (C=O) groups is 1. The number of rotatable bonds is 4. The van der Waals surface area contributed by atoms with E-state index in [0.717, 1.165) is 25.2 Å². The van der Waals surface area contributed by atoms with E-state index in [9.17, 15) is 4.79 Å². The summed E-state index contributed by atoms with van der Waals surface area (Å²) in [4.78, 5) is 16.0. The summed E-state index contributed by atoms with van der Waals surface area (Å²) in [5, 5.41) is 3.02. The normalized spacial score (nSPS) is 15.7. The minimum Gasteiger partial charge on any atom is -0.325 e. The molecule has 1 aliphatic heterocycles. The number of thioether (sulfide) groups is 1. The molecule has 120 valence electrons. The molecule has 1 atom stereocenters. The van der Waals surface area contributed by atoms with Crippen LogP contribution in [0, 0.1) is 0 Å². The standard InChI is InChI=1S/C19H22N2OS/c1-14(19(22)20-17-7-9-18(23-2)10-8-17)21-12-11-15-5-3-4-6-16(15)13-21/h3-10,14H,11-13H2,1-2H3,(H,20,22). The SMILES string of the molecule is CSc1ccc(NC(=O)C(C)N2CCc3ccccc3C2)cc1. The lowest BCUT2D eigenvalue weighted by Crippen LogP contribution is -2.44. The van der Waals surface area contributed by atoms with Crippen LogP contribution in [0.1, 0.15) is 18.1 Å². The van der Waals surface area contributed by atoms with Crippen LogP contribution in [0.25, 0.3) is 0 Å². The molecule has 1 aliphatic rings. The van der Waals surface area contributed by atoms with Crippen LogP contribution in [-0.2, 0) is 17.8 Å². The number of nitrogens with one attached hydrogen (secondary N) is 1. The summed E-state index contributed by atoms with van der Waals surface area (Å²) in [5.41, 5.74) is 3.60. The molecule has 2 aromatic carbocycles. The van der Waals surface area contributed by atoms with Gasteiger partial charge in [-0.2, -0.15) is 0 Å². The van der Waals surface area contributed by atoms with E-state index in [1.807, 2.05) is 37.4 Å². The minimum atomic E-state index is -0.136. The predicted octanol–water partition coefficient (Wildman–Crippen LogP) is 3.79. The largest absolute Gasteiger partial charge is 0.325 e. The van der Waals surface area contributed by atoms with Crippen molar-refractivity contribution >= 4 is 23.4 Å². The van der Waals surface area contributed by atoms with Gasteiger partial charge in [0.1, 0.15) is 0 Å². The average Bonchev–Trinajstić information content (AvgIpc) is 2.61. The lowest BCUT2D eigenvalue weighted by atomic mass is 9.99. The zero-order valence-corrected chi connectivity index (χ0v) is 14.4. The van der Waals surface area contributed by atoms with Gasteiger partial charge < -0.3 is 5.32 Å². The Morgan fingerprint density at radius 1 is 1.13 bits per heavy atom. The van der Waals surface area contributed by atoms with Gasteiger partial charge in [-0.05, 0) is 55.0 Å². The van der Waals surface area contributed by atoms with E-state index in [1.165, 1.54) is 16.0 Å². The average molecular weight is 326 g/mol. The maximum absolute atomic E-state index is 12.5. The van der Waals surface area contributed by atoms with Crippen LogP contribution < -0.4 is 5.32 Å². The summed E-state index contributed by atoms with van der Waals surface area (Å²) < 4.78 is 0. The van der Waals surface area contributed by atoms with Crippen molar-refractivity contribution in [3.05, 3.63) is 59.7 Å². The van der Waals surface area contributed by atoms with Gasteiger partial charge in [0.05, 0.1) is 6.04 Å². The van der Waals surface area contributed by atoms with Crippen LogP contribution in [-0.4, -0.2) is 29.6 Å². The topological polar surface area (TPSA) is 32.3 Å². The van der Waals surface area contributed by atoms with Gasteiger partial charge in [0.15, 0.2) is 0 Å². The molecule has 0 saturated heterocycles. The number of amides is 1. The first-order valence-corrected chi connectivity index (χ1v) is 9.15. The van der Waals surface area contributed by atoms with Gasteiger partial charge in [0.25, 0.3) is 0 Å². The molecule has 0 spiro atoms. The molecule has 0 bridgehead atoms. The van der Waals surface area contributed by atoms with Crippen molar-refractivity contribution < 1.29 is 4.79 Å². The van der Waals surface area contributed by atoms with E-state index in [-0.39, 0.29) is 11.9 Å². The van der Waals surface area contributed by atoms with Crippen molar-refractivity contribution in [3.63, 3.8) is 0 Å². The molecular formula is C19H22N2OS. The maximum atomic E-state index is 12.5. The number of carbonyl (C=O) groups excluding carboxylic acids is 1. The number of anilines is 1. The molecule has 0 saturated carbocycles. The molecule has 3 nitrogen and oxygen atoms in total. The van der Waals surface area contributed by atoms with Crippen LogP contribution in [0.3, 0.4) is 0 Å².